The van der Waals surface area contributed by atoms with Gasteiger partial charge in [-0.05, 0) is 5.56 Å². The van der Waals surface area contributed by atoms with E-state index in [1.54, 1.807) is 24.3 Å². The molecule has 5 heteroatoms. The summed E-state index contributed by atoms with van der Waals surface area (Å²) >= 11 is 0. The first-order chi connectivity index (χ1) is 10.1. The van der Waals surface area contributed by atoms with Crippen LogP contribution in [0.5, 0.6) is 17.2 Å². The van der Waals surface area contributed by atoms with Gasteiger partial charge in [0.1, 0.15) is 22.8 Å². The van der Waals surface area contributed by atoms with Crippen molar-refractivity contribution in [1.29, 1.82) is 0 Å². The summed E-state index contributed by atoms with van der Waals surface area (Å²) in [5.41, 5.74) is 0.835. The van der Waals surface area contributed by atoms with Crippen molar-refractivity contribution in [3.05, 3.63) is 53.6 Å². The van der Waals surface area contributed by atoms with E-state index in [9.17, 15) is 15.0 Å². The molecule has 1 aliphatic heterocycles. The number of benzene rings is 2. The Morgan fingerprint density at radius 1 is 1.19 bits per heavy atom. The standard InChI is InChI=1S/C16H14O5/c1-20-11-7-10(17)8-12-13(11)14(18)15(19)16(21-12)9-5-3-2-4-6-9/h2-8,15-17,19H,1H3/t15-,16+/m0/s1. The molecule has 2 atom stereocenters. The maximum atomic E-state index is 12.4. The SMILES string of the molecule is COc1cc(O)cc2c1C(=O)[C@H](O)[C@@H](c1ccccc1)O2. The fourth-order valence-corrected chi connectivity index (χ4v) is 2.45. The average Bonchev–Trinajstić information content (AvgIpc) is 2.50. The molecule has 5 nitrogen and oxygen atoms in total. The van der Waals surface area contributed by atoms with Crippen molar-refractivity contribution in [3.8, 4) is 17.2 Å². The quantitative estimate of drug-likeness (QED) is 0.884. The molecule has 0 unspecified atom stereocenters. The number of aromatic hydroxyl groups is 1. The van der Waals surface area contributed by atoms with E-state index < -0.39 is 18.0 Å². The summed E-state index contributed by atoms with van der Waals surface area (Å²) in [6.07, 6.45) is -2.13. The van der Waals surface area contributed by atoms with Crippen LogP contribution in [0.4, 0.5) is 0 Å². The van der Waals surface area contributed by atoms with Crippen LogP contribution in [0, 0.1) is 0 Å². The number of hydrogen-bond donors (Lipinski definition) is 2. The van der Waals surface area contributed by atoms with E-state index in [0.29, 0.717) is 5.56 Å². The van der Waals surface area contributed by atoms with E-state index in [1.807, 2.05) is 6.07 Å². The van der Waals surface area contributed by atoms with Crippen LogP contribution >= 0.6 is 0 Å². The van der Waals surface area contributed by atoms with Crippen molar-refractivity contribution in [2.24, 2.45) is 0 Å². The second kappa shape index (κ2) is 5.10. The maximum Gasteiger partial charge on any atom is 0.202 e. The van der Waals surface area contributed by atoms with Crippen molar-refractivity contribution >= 4 is 5.78 Å². The number of fused-ring (bicyclic) bond motifs is 1. The Bertz CT molecular complexity index is 681. The summed E-state index contributed by atoms with van der Waals surface area (Å²) in [4.78, 5) is 12.4. The van der Waals surface area contributed by atoms with E-state index in [2.05, 4.69) is 0 Å². The molecule has 3 rings (SSSR count). The highest BCUT2D eigenvalue weighted by Gasteiger charge is 2.39. The molecule has 0 saturated carbocycles. The lowest BCUT2D eigenvalue weighted by atomic mass is 9.93. The third-order valence-electron chi connectivity index (χ3n) is 3.45. The summed E-state index contributed by atoms with van der Waals surface area (Å²) in [5, 5.41) is 19.9. The lowest BCUT2D eigenvalue weighted by Crippen LogP contribution is -2.36. The molecule has 0 aromatic heterocycles. The molecule has 2 N–H and O–H groups in total. The van der Waals surface area contributed by atoms with Gasteiger partial charge >= 0.3 is 0 Å². The molecule has 1 heterocycles. The van der Waals surface area contributed by atoms with Gasteiger partial charge in [0, 0.05) is 12.1 Å². The number of methoxy groups -OCH3 is 1. The van der Waals surface area contributed by atoms with Gasteiger partial charge < -0.3 is 19.7 Å². The number of aliphatic hydroxyl groups is 1. The molecule has 0 bridgehead atoms. The first-order valence-corrected chi connectivity index (χ1v) is 6.46. The molecule has 0 saturated heterocycles. The summed E-state index contributed by atoms with van der Waals surface area (Å²) in [7, 11) is 1.39. The number of phenolic OH excluding ortho intramolecular Hbond substituents is 1. The minimum absolute atomic E-state index is 0.0680. The largest absolute Gasteiger partial charge is 0.508 e. The second-order valence-corrected chi connectivity index (χ2v) is 4.78. The minimum Gasteiger partial charge on any atom is -0.508 e. The molecule has 0 aliphatic carbocycles. The highest BCUT2D eigenvalue weighted by atomic mass is 16.5. The van der Waals surface area contributed by atoms with Gasteiger partial charge in [0.25, 0.3) is 0 Å². The Balaban J connectivity index is 2.10. The summed E-state index contributed by atoms with van der Waals surface area (Å²) < 4.78 is 10.8. The lowest BCUT2D eigenvalue weighted by Gasteiger charge is -2.30. The van der Waals surface area contributed by atoms with Gasteiger partial charge in [-0.15, -0.1) is 0 Å². The van der Waals surface area contributed by atoms with E-state index >= 15 is 0 Å². The third kappa shape index (κ3) is 2.21. The van der Waals surface area contributed by atoms with Crippen molar-refractivity contribution < 1.29 is 24.5 Å². The van der Waals surface area contributed by atoms with Gasteiger partial charge in [0.05, 0.1) is 7.11 Å². The maximum absolute atomic E-state index is 12.4. The van der Waals surface area contributed by atoms with Crippen LogP contribution in [0.3, 0.4) is 0 Å². The Kier molecular flexibility index (Phi) is 3.27. The number of Topliss-reactive ketones (excluding diaryl/α,β-unsaturated/α-hetero) is 1. The minimum atomic E-state index is -1.32. The number of ether oxygens (including phenoxy) is 2. The lowest BCUT2D eigenvalue weighted by molar-refractivity contribution is 0.0210. The number of ketones is 1. The number of aliphatic hydroxyl groups excluding tert-OH is 1. The van der Waals surface area contributed by atoms with Crippen molar-refractivity contribution in [1.82, 2.24) is 0 Å². The van der Waals surface area contributed by atoms with Crippen molar-refractivity contribution in [2.75, 3.05) is 7.11 Å². The van der Waals surface area contributed by atoms with Crippen LogP contribution in [-0.4, -0.2) is 29.2 Å². The van der Waals surface area contributed by atoms with Gasteiger partial charge in [-0.3, -0.25) is 4.79 Å². The van der Waals surface area contributed by atoms with Crippen LogP contribution in [0.15, 0.2) is 42.5 Å². The number of phenols is 1. The molecule has 2 aromatic carbocycles. The van der Waals surface area contributed by atoms with Gasteiger partial charge in [-0.1, -0.05) is 30.3 Å². The molecule has 0 fully saturated rings. The zero-order chi connectivity index (χ0) is 15.0. The fraction of sp³-hybridized carbons (Fsp3) is 0.188. The summed E-state index contributed by atoms with van der Waals surface area (Å²) in [5.74, 6) is -0.167. The van der Waals surface area contributed by atoms with Gasteiger partial charge in [0.15, 0.2) is 12.2 Å². The van der Waals surface area contributed by atoms with Crippen molar-refractivity contribution in [2.45, 2.75) is 12.2 Å². The highest BCUT2D eigenvalue weighted by molar-refractivity contribution is 6.05. The molecule has 21 heavy (non-hydrogen) atoms. The highest BCUT2D eigenvalue weighted by Crippen LogP contribution is 2.42. The average molecular weight is 286 g/mol. The number of rotatable bonds is 2. The van der Waals surface area contributed by atoms with Crippen LogP contribution in [0.1, 0.15) is 22.0 Å². The molecule has 108 valence electrons. The van der Waals surface area contributed by atoms with Gasteiger partial charge in [-0.25, -0.2) is 0 Å². The van der Waals surface area contributed by atoms with Crippen molar-refractivity contribution in [3.63, 3.8) is 0 Å². The second-order valence-electron chi connectivity index (χ2n) is 4.78. The van der Waals surface area contributed by atoms with Gasteiger partial charge in [0.2, 0.25) is 5.78 Å². The predicted octanol–water partition coefficient (Wildman–Crippen LogP) is 2.08. The molecule has 0 amide bonds. The number of carbonyl (C=O) groups excluding carboxylic acids is 1. The molecule has 0 spiro atoms. The Labute approximate surface area is 121 Å². The van der Waals surface area contributed by atoms with Gasteiger partial charge in [-0.2, -0.15) is 0 Å². The third-order valence-corrected chi connectivity index (χ3v) is 3.45. The molecule has 2 aromatic rings. The smallest absolute Gasteiger partial charge is 0.202 e. The monoisotopic (exact) mass is 286 g/mol. The number of carbonyl (C=O) groups is 1. The Hall–Kier alpha value is -2.53. The van der Waals surface area contributed by atoms with Crippen LogP contribution in [0.25, 0.3) is 0 Å². The van der Waals surface area contributed by atoms with E-state index in [1.165, 1.54) is 19.2 Å². The van der Waals surface area contributed by atoms with Crippen LogP contribution in [0.2, 0.25) is 0 Å². The normalized spacial score (nSPS) is 20.6. The number of hydrogen-bond acceptors (Lipinski definition) is 5. The van der Waals surface area contributed by atoms with Crippen LogP contribution in [-0.2, 0) is 0 Å². The molecular formula is C16H14O5. The van der Waals surface area contributed by atoms with E-state index in [-0.39, 0.29) is 22.8 Å². The molecule has 1 aliphatic rings. The Morgan fingerprint density at radius 3 is 2.57 bits per heavy atom. The molecule has 0 radical (unpaired) electrons. The zero-order valence-electron chi connectivity index (χ0n) is 11.3. The topological polar surface area (TPSA) is 76.0 Å². The first kappa shape index (κ1) is 13.5. The predicted molar refractivity (Wildman–Crippen MR) is 74.8 cm³/mol. The van der Waals surface area contributed by atoms with E-state index in [0.717, 1.165) is 0 Å². The van der Waals surface area contributed by atoms with Crippen LogP contribution < -0.4 is 9.47 Å². The zero-order valence-corrected chi connectivity index (χ0v) is 11.3. The molecular weight excluding hydrogens is 272 g/mol. The Morgan fingerprint density at radius 2 is 1.90 bits per heavy atom. The first-order valence-electron chi connectivity index (χ1n) is 6.46. The fourth-order valence-electron chi connectivity index (χ4n) is 2.45. The summed E-state index contributed by atoms with van der Waals surface area (Å²) in [6.45, 7) is 0. The summed E-state index contributed by atoms with van der Waals surface area (Å²) in [6, 6.07) is 11.6. The van der Waals surface area contributed by atoms with E-state index in [4.69, 9.17) is 9.47 Å².